The van der Waals surface area contributed by atoms with E-state index in [1.165, 1.54) is 0 Å². The van der Waals surface area contributed by atoms with Gasteiger partial charge in [0.2, 0.25) is 0 Å². The Morgan fingerprint density at radius 3 is 2.39 bits per heavy atom. The minimum absolute atomic E-state index is 0.470. The molecule has 0 radical (unpaired) electrons. The van der Waals surface area contributed by atoms with Gasteiger partial charge in [0.1, 0.15) is 12.4 Å². The molecule has 0 aromatic heterocycles. The van der Waals surface area contributed by atoms with Crippen LogP contribution in [-0.4, -0.2) is 6.61 Å². The van der Waals surface area contributed by atoms with Crippen molar-refractivity contribution in [3.8, 4) is 5.75 Å². The van der Waals surface area contributed by atoms with Crippen molar-refractivity contribution in [3.63, 3.8) is 0 Å². The summed E-state index contributed by atoms with van der Waals surface area (Å²) in [6, 6.07) is 17.7. The van der Waals surface area contributed by atoms with Crippen LogP contribution in [0.4, 0.5) is 0 Å². The summed E-state index contributed by atoms with van der Waals surface area (Å²) in [6.07, 6.45) is 0. The molecule has 0 amide bonds. The van der Waals surface area contributed by atoms with Crippen LogP contribution in [0, 0.1) is 0 Å². The lowest BCUT2D eigenvalue weighted by Gasteiger charge is -2.11. The van der Waals surface area contributed by atoms with E-state index < -0.39 is 0 Å². The maximum atomic E-state index is 5.91. The minimum Gasteiger partial charge on any atom is -0.489 e. The molecule has 0 saturated heterocycles. The Hall–Kier alpha value is -1.73. The molecule has 0 heterocycles. The predicted molar refractivity (Wildman–Crippen MR) is 77.0 cm³/mol. The number of benzene rings is 2. The summed E-state index contributed by atoms with van der Waals surface area (Å²) >= 11 is 5.91. The number of ether oxygens (including phenoxy) is 1. The van der Waals surface area contributed by atoms with Gasteiger partial charge in [-0.1, -0.05) is 49.0 Å². The molecule has 2 aromatic carbocycles. The number of para-hydroxylation sites is 1. The fraction of sp³-hybridized carbons (Fsp3) is 0.125. The van der Waals surface area contributed by atoms with Crippen molar-refractivity contribution in [1.82, 2.24) is 0 Å². The standard InChI is InChI=1S/C16H15ClO/c1-13(12-18-15-8-3-2-4-9-15)16-10-6-5-7-14(16)11-17/h2-10H,1,11-12H2. The molecule has 0 aliphatic rings. The molecule has 0 unspecified atom stereocenters. The molecule has 0 atom stereocenters. The molecule has 0 N–H and O–H groups in total. The van der Waals surface area contributed by atoms with Gasteiger partial charge in [0.15, 0.2) is 0 Å². The van der Waals surface area contributed by atoms with Gasteiger partial charge in [-0.3, -0.25) is 0 Å². The SMILES string of the molecule is C=C(COc1ccccc1)c1ccccc1CCl. The van der Waals surface area contributed by atoms with Crippen molar-refractivity contribution in [3.05, 3.63) is 72.3 Å². The van der Waals surface area contributed by atoms with Crippen LogP contribution >= 0.6 is 11.6 Å². The lowest BCUT2D eigenvalue weighted by atomic mass is 10.0. The molecule has 0 saturated carbocycles. The number of halogens is 1. The third-order valence-corrected chi connectivity index (χ3v) is 2.99. The molecule has 0 aliphatic heterocycles. The zero-order valence-electron chi connectivity index (χ0n) is 10.1. The Kier molecular flexibility index (Phi) is 4.43. The largest absolute Gasteiger partial charge is 0.489 e. The van der Waals surface area contributed by atoms with Gasteiger partial charge in [0, 0.05) is 5.88 Å². The quantitative estimate of drug-likeness (QED) is 0.717. The Labute approximate surface area is 113 Å². The first-order valence-corrected chi connectivity index (χ1v) is 6.34. The average Bonchev–Trinajstić information content (AvgIpc) is 2.45. The van der Waals surface area contributed by atoms with E-state index in [4.69, 9.17) is 16.3 Å². The highest BCUT2D eigenvalue weighted by Crippen LogP contribution is 2.20. The Morgan fingerprint density at radius 1 is 1.00 bits per heavy atom. The van der Waals surface area contributed by atoms with Gasteiger partial charge >= 0.3 is 0 Å². The summed E-state index contributed by atoms with van der Waals surface area (Å²) in [5.41, 5.74) is 3.10. The molecule has 2 rings (SSSR count). The molecular formula is C16H15ClO. The van der Waals surface area contributed by atoms with Gasteiger partial charge in [0.05, 0.1) is 0 Å². The molecule has 18 heavy (non-hydrogen) atoms. The van der Waals surface area contributed by atoms with Crippen molar-refractivity contribution < 1.29 is 4.74 Å². The van der Waals surface area contributed by atoms with E-state index in [0.717, 1.165) is 22.4 Å². The van der Waals surface area contributed by atoms with Crippen LogP contribution in [0.25, 0.3) is 5.57 Å². The first kappa shape index (κ1) is 12.7. The highest BCUT2D eigenvalue weighted by atomic mass is 35.5. The molecule has 2 aromatic rings. The summed E-state index contributed by atoms with van der Waals surface area (Å²) in [4.78, 5) is 0. The van der Waals surface area contributed by atoms with E-state index in [2.05, 4.69) is 6.58 Å². The highest BCUT2D eigenvalue weighted by Gasteiger charge is 2.05. The maximum absolute atomic E-state index is 5.91. The maximum Gasteiger partial charge on any atom is 0.119 e. The van der Waals surface area contributed by atoms with E-state index in [1.54, 1.807) is 0 Å². The molecular weight excluding hydrogens is 244 g/mol. The zero-order chi connectivity index (χ0) is 12.8. The van der Waals surface area contributed by atoms with Crippen LogP contribution in [-0.2, 0) is 5.88 Å². The second-order valence-corrected chi connectivity index (χ2v) is 4.26. The van der Waals surface area contributed by atoms with Gasteiger partial charge in [0.25, 0.3) is 0 Å². The minimum atomic E-state index is 0.470. The van der Waals surface area contributed by atoms with Crippen LogP contribution in [0.15, 0.2) is 61.2 Å². The number of alkyl halides is 1. The summed E-state index contributed by atoms with van der Waals surface area (Å²) in [5.74, 6) is 1.34. The van der Waals surface area contributed by atoms with Crippen LogP contribution < -0.4 is 4.74 Å². The second-order valence-electron chi connectivity index (χ2n) is 4.00. The van der Waals surface area contributed by atoms with Gasteiger partial charge in [-0.25, -0.2) is 0 Å². The summed E-state index contributed by atoms with van der Waals surface area (Å²) in [6.45, 7) is 4.54. The molecule has 0 fully saturated rings. The van der Waals surface area contributed by atoms with Crippen molar-refractivity contribution in [2.24, 2.45) is 0 Å². The van der Waals surface area contributed by atoms with E-state index in [1.807, 2.05) is 54.6 Å². The first-order valence-electron chi connectivity index (χ1n) is 5.81. The van der Waals surface area contributed by atoms with Crippen molar-refractivity contribution in [2.45, 2.75) is 5.88 Å². The van der Waals surface area contributed by atoms with Crippen molar-refractivity contribution in [2.75, 3.05) is 6.61 Å². The lowest BCUT2D eigenvalue weighted by Crippen LogP contribution is -2.01. The third kappa shape index (κ3) is 3.14. The Bertz CT molecular complexity index is 520. The van der Waals surface area contributed by atoms with Crippen LogP contribution in [0.5, 0.6) is 5.75 Å². The summed E-state index contributed by atoms with van der Waals surface area (Å²) < 4.78 is 5.68. The highest BCUT2D eigenvalue weighted by molar-refractivity contribution is 6.17. The third-order valence-electron chi connectivity index (χ3n) is 2.70. The van der Waals surface area contributed by atoms with Crippen LogP contribution in [0.3, 0.4) is 0 Å². The Morgan fingerprint density at radius 2 is 1.67 bits per heavy atom. The fourth-order valence-corrected chi connectivity index (χ4v) is 1.98. The number of hydrogen-bond donors (Lipinski definition) is 0. The number of hydrogen-bond acceptors (Lipinski definition) is 1. The Balaban J connectivity index is 2.04. The average molecular weight is 259 g/mol. The smallest absolute Gasteiger partial charge is 0.119 e. The van der Waals surface area contributed by atoms with Gasteiger partial charge < -0.3 is 4.74 Å². The normalized spacial score (nSPS) is 10.1. The van der Waals surface area contributed by atoms with Gasteiger partial charge in [-0.15, -0.1) is 11.6 Å². The van der Waals surface area contributed by atoms with Gasteiger partial charge in [-0.2, -0.15) is 0 Å². The lowest BCUT2D eigenvalue weighted by molar-refractivity contribution is 0.370. The van der Waals surface area contributed by atoms with E-state index in [9.17, 15) is 0 Å². The monoisotopic (exact) mass is 258 g/mol. The van der Waals surface area contributed by atoms with Crippen molar-refractivity contribution >= 4 is 17.2 Å². The summed E-state index contributed by atoms with van der Waals surface area (Å²) in [5, 5.41) is 0. The molecule has 92 valence electrons. The van der Waals surface area contributed by atoms with Crippen molar-refractivity contribution in [1.29, 1.82) is 0 Å². The second kappa shape index (κ2) is 6.27. The molecule has 0 bridgehead atoms. The predicted octanol–water partition coefficient (Wildman–Crippen LogP) is 4.52. The molecule has 0 aliphatic carbocycles. The molecule has 0 spiro atoms. The van der Waals surface area contributed by atoms with Gasteiger partial charge in [-0.05, 0) is 28.8 Å². The van der Waals surface area contributed by atoms with Crippen LogP contribution in [0.2, 0.25) is 0 Å². The van der Waals surface area contributed by atoms with Crippen LogP contribution in [0.1, 0.15) is 11.1 Å². The fourth-order valence-electron chi connectivity index (χ4n) is 1.75. The topological polar surface area (TPSA) is 9.23 Å². The zero-order valence-corrected chi connectivity index (χ0v) is 10.9. The molecule has 2 heteroatoms. The van der Waals surface area contributed by atoms with E-state index >= 15 is 0 Å². The first-order chi connectivity index (χ1) is 8.81. The van der Waals surface area contributed by atoms with E-state index in [0.29, 0.717) is 12.5 Å². The van der Waals surface area contributed by atoms with E-state index in [-0.39, 0.29) is 0 Å². The molecule has 1 nitrogen and oxygen atoms in total. The number of rotatable bonds is 5. The summed E-state index contributed by atoms with van der Waals surface area (Å²) in [7, 11) is 0.